The quantitative estimate of drug-likeness (QED) is 0.790. The van der Waals surface area contributed by atoms with E-state index in [0.717, 1.165) is 14.6 Å². The number of nitrogens with zero attached hydrogens (tertiary/aromatic N) is 2. The van der Waals surface area contributed by atoms with Crippen LogP contribution in [-0.4, -0.2) is 15.0 Å². The van der Waals surface area contributed by atoms with Gasteiger partial charge in [0.15, 0.2) is 0 Å². The highest BCUT2D eigenvalue weighted by atomic mass is 79.9. The Bertz CT molecular complexity index is 583. The Kier molecular flexibility index (Phi) is 4.26. The van der Waals surface area contributed by atoms with E-state index in [-0.39, 0.29) is 4.99 Å². The molecular weight excluding hydrogens is 380 g/mol. The number of hydrogen-bond acceptors (Lipinski definition) is 4. The summed E-state index contributed by atoms with van der Waals surface area (Å²) in [5.41, 5.74) is 6.91. The number of nitrogens with two attached hydrogens (primary N) is 1. The van der Waals surface area contributed by atoms with Crippen LogP contribution in [0.5, 0.6) is 0 Å². The molecule has 18 heavy (non-hydrogen) atoms. The molecule has 0 amide bonds. The second-order valence-corrected chi connectivity index (χ2v) is 5.50. The van der Waals surface area contributed by atoms with Crippen molar-refractivity contribution in [2.24, 2.45) is 5.73 Å². The molecule has 0 aliphatic heterocycles. The van der Waals surface area contributed by atoms with Crippen LogP contribution in [0.3, 0.4) is 0 Å². The number of thiocarbonyl (C=S) groups is 1. The van der Waals surface area contributed by atoms with Gasteiger partial charge in [-0.3, -0.25) is 0 Å². The Balaban J connectivity index is 2.34. The first-order valence-corrected chi connectivity index (χ1v) is 6.91. The summed E-state index contributed by atoms with van der Waals surface area (Å²) in [6, 6.07) is 7.43. The van der Waals surface area contributed by atoms with Crippen molar-refractivity contribution in [3.8, 4) is 0 Å². The van der Waals surface area contributed by atoms with Crippen molar-refractivity contribution < 1.29 is 0 Å². The number of anilines is 2. The van der Waals surface area contributed by atoms with Crippen LogP contribution >= 0.6 is 44.1 Å². The number of nitrogens with one attached hydrogen (secondary N) is 1. The van der Waals surface area contributed by atoms with Crippen LogP contribution in [0.4, 0.5) is 11.6 Å². The molecule has 3 N–H and O–H groups in total. The third kappa shape index (κ3) is 3.04. The van der Waals surface area contributed by atoms with Crippen molar-refractivity contribution in [1.29, 1.82) is 0 Å². The summed E-state index contributed by atoms with van der Waals surface area (Å²) >= 11 is 11.8. The van der Waals surface area contributed by atoms with Gasteiger partial charge in [-0.05, 0) is 50.1 Å². The third-order valence-corrected chi connectivity index (χ3v) is 3.64. The van der Waals surface area contributed by atoms with Crippen molar-refractivity contribution >= 4 is 60.7 Å². The average Bonchev–Trinajstić information content (AvgIpc) is 2.34. The molecule has 1 aromatic heterocycles. The van der Waals surface area contributed by atoms with Gasteiger partial charge in [-0.1, -0.05) is 18.3 Å². The molecule has 92 valence electrons. The van der Waals surface area contributed by atoms with Crippen molar-refractivity contribution in [3.63, 3.8) is 0 Å². The van der Waals surface area contributed by atoms with Gasteiger partial charge >= 0.3 is 0 Å². The van der Waals surface area contributed by atoms with Gasteiger partial charge in [-0.15, -0.1) is 0 Å². The molecule has 0 unspecified atom stereocenters. The topological polar surface area (TPSA) is 63.8 Å². The highest BCUT2D eigenvalue weighted by Gasteiger charge is 2.07. The summed E-state index contributed by atoms with van der Waals surface area (Å²) < 4.78 is 1.81. The molecule has 1 heterocycles. The Labute approximate surface area is 126 Å². The molecular formula is C11H8Br2N4S. The highest BCUT2D eigenvalue weighted by molar-refractivity contribution is 9.11. The van der Waals surface area contributed by atoms with Crippen LogP contribution in [0.2, 0.25) is 0 Å². The van der Waals surface area contributed by atoms with E-state index in [2.05, 4.69) is 47.1 Å². The Morgan fingerprint density at radius 1 is 1.22 bits per heavy atom. The molecule has 0 aliphatic carbocycles. The van der Waals surface area contributed by atoms with Crippen LogP contribution in [-0.2, 0) is 0 Å². The van der Waals surface area contributed by atoms with Gasteiger partial charge in [-0.25, -0.2) is 9.97 Å². The largest absolute Gasteiger partial charge is 0.388 e. The van der Waals surface area contributed by atoms with Gasteiger partial charge in [0.25, 0.3) is 0 Å². The molecule has 2 rings (SSSR count). The summed E-state index contributed by atoms with van der Waals surface area (Å²) in [4.78, 5) is 8.58. The lowest BCUT2D eigenvalue weighted by molar-refractivity contribution is 1.15. The summed E-state index contributed by atoms with van der Waals surface area (Å²) in [6.45, 7) is 0. The molecule has 2 aromatic rings. The molecule has 7 heteroatoms. The minimum Gasteiger partial charge on any atom is -0.388 e. The fourth-order valence-electron chi connectivity index (χ4n) is 1.29. The van der Waals surface area contributed by atoms with Gasteiger partial charge in [0.2, 0.25) is 5.95 Å². The van der Waals surface area contributed by atoms with Gasteiger partial charge in [0.05, 0.1) is 5.69 Å². The van der Waals surface area contributed by atoms with Crippen molar-refractivity contribution in [2.75, 3.05) is 5.32 Å². The van der Waals surface area contributed by atoms with E-state index >= 15 is 0 Å². The van der Waals surface area contributed by atoms with Crippen LogP contribution in [0.15, 0.2) is 39.4 Å². The van der Waals surface area contributed by atoms with E-state index < -0.39 is 0 Å². The minimum absolute atomic E-state index is 0.242. The standard InChI is InChI=1S/C11H8Br2N4S/c12-6-2-1-3-7(13)9(6)17-11-15-5-4-8(16-11)10(14)18/h1-5H,(H2,14,18)(H,15,16,17). The molecule has 0 radical (unpaired) electrons. The molecule has 0 saturated carbocycles. The molecule has 0 spiro atoms. The second kappa shape index (κ2) is 5.73. The lowest BCUT2D eigenvalue weighted by Gasteiger charge is -2.09. The van der Waals surface area contributed by atoms with Gasteiger partial charge in [0, 0.05) is 15.1 Å². The predicted octanol–water partition coefficient (Wildman–Crippen LogP) is 3.38. The second-order valence-electron chi connectivity index (χ2n) is 3.35. The van der Waals surface area contributed by atoms with Crippen molar-refractivity contribution in [1.82, 2.24) is 9.97 Å². The van der Waals surface area contributed by atoms with Crippen LogP contribution in [0.25, 0.3) is 0 Å². The monoisotopic (exact) mass is 386 g/mol. The Hall–Kier alpha value is -1.05. The fraction of sp³-hybridized carbons (Fsp3) is 0. The van der Waals surface area contributed by atoms with Crippen LogP contribution in [0, 0.1) is 0 Å². The van der Waals surface area contributed by atoms with Gasteiger partial charge < -0.3 is 11.1 Å². The van der Waals surface area contributed by atoms with E-state index in [4.69, 9.17) is 18.0 Å². The number of benzene rings is 1. The predicted molar refractivity (Wildman–Crippen MR) is 83.0 cm³/mol. The average molecular weight is 388 g/mol. The maximum Gasteiger partial charge on any atom is 0.227 e. The number of rotatable bonds is 3. The first-order valence-electron chi connectivity index (χ1n) is 4.92. The smallest absolute Gasteiger partial charge is 0.227 e. The van der Waals surface area contributed by atoms with E-state index in [1.807, 2.05) is 18.2 Å². The zero-order valence-electron chi connectivity index (χ0n) is 9.02. The minimum atomic E-state index is 0.242. The summed E-state index contributed by atoms with van der Waals surface area (Å²) in [5, 5.41) is 3.10. The molecule has 0 saturated heterocycles. The van der Waals surface area contributed by atoms with Crippen LogP contribution in [0.1, 0.15) is 5.69 Å². The van der Waals surface area contributed by atoms with Crippen molar-refractivity contribution in [3.05, 3.63) is 45.1 Å². The molecule has 0 aliphatic rings. The maximum atomic E-state index is 5.53. The first-order chi connectivity index (χ1) is 8.58. The lowest BCUT2D eigenvalue weighted by Crippen LogP contribution is -2.12. The molecule has 0 atom stereocenters. The van der Waals surface area contributed by atoms with E-state index in [1.54, 1.807) is 12.3 Å². The SMILES string of the molecule is NC(=S)c1ccnc(Nc2c(Br)cccc2Br)n1. The zero-order valence-corrected chi connectivity index (χ0v) is 13.0. The molecule has 4 nitrogen and oxygen atoms in total. The van der Waals surface area contributed by atoms with E-state index in [1.165, 1.54) is 0 Å². The van der Waals surface area contributed by atoms with Gasteiger partial charge in [0.1, 0.15) is 10.7 Å². The molecule has 1 aromatic carbocycles. The Morgan fingerprint density at radius 2 is 1.89 bits per heavy atom. The zero-order chi connectivity index (χ0) is 13.1. The maximum absolute atomic E-state index is 5.53. The number of para-hydroxylation sites is 1. The number of halogens is 2. The van der Waals surface area contributed by atoms with Crippen molar-refractivity contribution in [2.45, 2.75) is 0 Å². The highest BCUT2D eigenvalue weighted by Crippen LogP contribution is 2.32. The number of hydrogen-bond donors (Lipinski definition) is 2. The van der Waals surface area contributed by atoms with E-state index in [0.29, 0.717) is 11.6 Å². The lowest BCUT2D eigenvalue weighted by atomic mass is 10.3. The van der Waals surface area contributed by atoms with Gasteiger partial charge in [-0.2, -0.15) is 0 Å². The van der Waals surface area contributed by atoms with E-state index in [9.17, 15) is 0 Å². The third-order valence-electron chi connectivity index (χ3n) is 2.11. The molecule has 0 bridgehead atoms. The number of aromatic nitrogens is 2. The molecule has 0 fully saturated rings. The fourth-order valence-corrected chi connectivity index (χ4v) is 2.60. The summed E-state index contributed by atoms with van der Waals surface area (Å²) in [5.74, 6) is 0.438. The first kappa shape index (κ1) is 13.4. The Morgan fingerprint density at radius 3 is 2.50 bits per heavy atom. The summed E-state index contributed by atoms with van der Waals surface area (Å²) in [7, 11) is 0. The normalized spacial score (nSPS) is 10.1. The van der Waals surface area contributed by atoms with Crippen LogP contribution < -0.4 is 11.1 Å². The summed E-state index contributed by atoms with van der Waals surface area (Å²) in [6.07, 6.45) is 1.61.